The average molecular weight is 284 g/mol. The fraction of sp³-hybridized carbons (Fsp3) is 0.857. The third-order valence-corrected chi connectivity index (χ3v) is 4.49. The zero-order valence-electron chi connectivity index (χ0n) is 12.0. The lowest BCUT2D eigenvalue weighted by Crippen LogP contribution is -2.53. The molecule has 0 radical (unpaired) electrons. The van der Waals surface area contributed by atoms with Gasteiger partial charge in [0.25, 0.3) is 0 Å². The molecule has 0 aromatic rings. The van der Waals surface area contributed by atoms with Gasteiger partial charge in [0.15, 0.2) is 0 Å². The van der Waals surface area contributed by atoms with E-state index in [-0.39, 0.29) is 18.5 Å². The molecule has 0 bridgehead atoms. The number of ether oxygens (including phenoxy) is 1. The van der Waals surface area contributed by atoms with Gasteiger partial charge in [-0.15, -0.1) is 0 Å². The van der Waals surface area contributed by atoms with Gasteiger partial charge in [0.05, 0.1) is 11.5 Å². The molecule has 2 rings (SSSR count). The Morgan fingerprint density at radius 1 is 1.40 bits per heavy atom. The van der Waals surface area contributed by atoms with E-state index in [1.165, 1.54) is 0 Å². The first-order valence-electron chi connectivity index (χ1n) is 7.36. The van der Waals surface area contributed by atoms with Crippen molar-refractivity contribution >= 4 is 11.9 Å². The van der Waals surface area contributed by atoms with Crippen LogP contribution in [0.15, 0.2) is 0 Å². The summed E-state index contributed by atoms with van der Waals surface area (Å²) in [5, 5.41) is 15.5. The Bertz CT molecular complexity index is 366. The summed E-state index contributed by atoms with van der Waals surface area (Å²) in [5.74, 6) is -0.391. The summed E-state index contributed by atoms with van der Waals surface area (Å²) in [6.45, 7) is 4.06. The molecule has 0 aromatic heterocycles. The second-order valence-electron chi connectivity index (χ2n) is 6.05. The average Bonchev–Trinajstić information content (AvgIpc) is 2.45. The van der Waals surface area contributed by atoms with Gasteiger partial charge in [0.1, 0.15) is 0 Å². The highest BCUT2D eigenvalue weighted by Gasteiger charge is 2.41. The second kappa shape index (κ2) is 6.54. The van der Waals surface area contributed by atoms with Crippen LogP contribution in [0.3, 0.4) is 0 Å². The molecular formula is C14H24N2O4. The van der Waals surface area contributed by atoms with Crippen molar-refractivity contribution in [1.82, 2.24) is 10.6 Å². The molecule has 114 valence electrons. The van der Waals surface area contributed by atoms with Gasteiger partial charge < -0.3 is 20.5 Å². The molecule has 2 saturated heterocycles. The van der Waals surface area contributed by atoms with E-state index in [2.05, 4.69) is 17.6 Å². The molecule has 2 aliphatic heterocycles. The van der Waals surface area contributed by atoms with E-state index in [0.29, 0.717) is 32.0 Å². The van der Waals surface area contributed by atoms with E-state index in [0.717, 1.165) is 19.4 Å². The molecule has 2 fully saturated rings. The number of aliphatic carboxylic acids is 1. The van der Waals surface area contributed by atoms with E-state index in [9.17, 15) is 14.7 Å². The van der Waals surface area contributed by atoms with Crippen LogP contribution in [-0.2, 0) is 14.3 Å². The minimum absolute atomic E-state index is 0.0799. The molecule has 0 aromatic carbocycles. The van der Waals surface area contributed by atoms with Gasteiger partial charge in [-0.25, -0.2) is 0 Å². The van der Waals surface area contributed by atoms with Crippen molar-refractivity contribution in [3.8, 4) is 0 Å². The fourth-order valence-electron chi connectivity index (χ4n) is 2.92. The summed E-state index contributed by atoms with van der Waals surface area (Å²) < 4.78 is 5.22. The smallest absolute Gasteiger partial charge is 0.311 e. The van der Waals surface area contributed by atoms with Crippen LogP contribution < -0.4 is 10.6 Å². The minimum Gasteiger partial charge on any atom is -0.481 e. The number of rotatable bonds is 4. The molecule has 3 N–H and O–H groups in total. The number of hydrogen-bond acceptors (Lipinski definition) is 4. The molecule has 6 nitrogen and oxygen atoms in total. The number of amides is 1. The number of piperidine rings is 1. The highest BCUT2D eigenvalue weighted by molar-refractivity contribution is 5.83. The molecule has 1 amide bonds. The number of nitrogens with one attached hydrogen (secondary N) is 2. The van der Waals surface area contributed by atoms with E-state index in [1.807, 2.05) is 0 Å². The number of carbonyl (C=O) groups is 2. The first-order valence-corrected chi connectivity index (χ1v) is 7.36. The quantitative estimate of drug-likeness (QED) is 0.694. The number of hydrogen-bond donors (Lipinski definition) is 3. The van der Waals surface area contributed by atoms with Crippen LogP contribution in [0.5, 0.6) is 0 Å². The van der Waals surface area contributed by atoms with Crippen molar-refractivity contribution in [2.45, 2.75) is 38.6 Å². The lowest BCUT2D eigenvalue weighted by atomic mass is 9.80. The van der Waals surface area contributed by atoms with Crippen molar-refractivity contribution in [3.05, 3.63) is 0 Å². The van der Waals surface area contributed by atoms with Gasteiger partial charge in [-0.2, -0.15) is 0 Å². The lowest BCUT2D eigenvalue weighted by molar-refractivity contribution is -0.154. The normalized spacial score (nSPS) is 29.6. The topological polar surface area (TPSA) is 87.7 Å². The van der Waals surface area contributed by atoms with Crippen molar-refractivity contribution < 1.29 is 19.4 Å². The van der Waals surface area contributed by atoms with Gasteiger partial charge in [-0.3, -0.25) is 9.59 Å². The lowest BCUT2D eigenvalue weighted by Gasteiger charge is -2.34. The molecule has 0 aliphatic carbocycles. The summed E-state index contributed by atoms with van der Waals surface area (Å²) in [6.07, 6.45) is 2.81. The standard InChI is InChI=1S/C14H24N2O4/c1-10-2-5-15-11(8-10)12(17)16-9-14(13(18)19)3-6-20-7-4-14/h10-11,15H,2-9H2,1H3,(H,16,17)(H,18,19). The molecular weight excluding hydrogens is 260 g/mol. The second-order valence-corrected chi connectivity index (χ2v) is 6.05. The maximum absolute atomic E-state index is 12.2. The Kier molecular flexibility index (Phi) is 4.99. The van der Waals surface area contributed by atoms with Crippen LogP contribution in [0.25, 0.3) is 0 Å². The molecule has 20 heavy (non-hydrogen) atoms. The summed E-state index contributed by atoms with van der Waals surface area (Å²) in [5.41, 5.74) is -0.867. The van der Waals surface area contributed by atoms with Crippen LogP contribution in [0.1, 0.15) is 32.6 Å². The van der Waals surface area contributed by atoms with Gasteiger partial charge >= 0.3 is 5.97 Å². The highest BCUT2D eigenvalue weighted by Crippen LogP contribution is 2.30. The number of carbonyl (C=O) groups excluding carboxylic acids is 1. The predicted octanol–water partition coefficient (Wildman–Crippen LogP) is 0.372. The summed E-state index contributed by atoms with van der Waals surface area (Å²) in [6, 6.07) is -0.190. The van der Waals surface area contributed by atoms with E-state index >= 15 is 0 Å². The largest absolute Gasteiger partial charge is 0.481 e. The van der Waals surface area contributed by atoms with Gasteiger partial charge in [0, 0.05) is 19.8 Å². The van der Waals surface area contributed by atoms with Crippen LogP contribution in [0, 0.1) is 11.3 Å². The van der Waals surface area contributed by atoms with Crippen LogP contribution in [0.4, 0.5) is 0 Å². The Balaban J connectivity index is 1.88. The zero-order chi connectivity index (χ0) is 14.6. The van der Waals surface area contributed by atoms with E-state index in [1.54, 1.807) is 0 Å². The van der Waals surface area contributed by atoms with E-state index < -0.39 is 11.4 Å². The molecule has 2 aliphatic rings. The zero-order valence-corrected chi connectivity index (χ0v) is 12.0. The van der Waals surface area contributed by atoms with Gasteiger partial charge in [-0.1, -0.05) is 6.92 Å². The number of carboxylic acids is 1. The van der Waals surface area contributed by atoms with Crippen LogP contribution >= 0.6 is 0 Å². The molecule has 6 heteroatoms. The maximum Gasteiger partial charge on any atom is 0.311 e. The molecule has 2 heterocycles. The first kappa shape index (κ1) is 15.3. The summed E-state index contributed by atoms with van der Waals surface area (Å²) >= 11 is 0. The van der Waals surface area contributed by atoms with Gasteiger partial charge in [0.2, 0.25) is 5.91 Å². The molecule has 0 spiro atoms. The fourth-order valence-corrected chi connectivity index (χ4v) is 2.92. The summed E-state index contributed by atoms with van der Waals surface area (Å²) in [4.78, 5) is 23.6. The van der Waals surface area contributed by atoms with Crippen molar-refractivity contribution in [2.75, 3.05) is 26.3 Å². The monoisotopic (exact) mass is 284 g/mol. The highest BCUT2D eigenvalue weighted by atomic mass is 16.5. The van der Waals surface area contributed by atoms with Crippen molar-refractivity contribution in [2.24, 2.45) is 11.3 Å². The SMILES string of the molecule is CC1CCNC(C(=O)NCC2(C(=O)O)CCOCC2)C1. The third kappa shape index (κ3) is 3.49. The maximum atomic E-state index is 12.2. The molecule has 0 saturated carbocycles. The van der Waals surface area contributed by atoms with Gasteiger partial charge in [-0.05, 0) is 38.1 Å². The Morgan fingerprint density at radius 3 is 2.70 bits per heavy atom. The first-order chi connectivity index (χ1) is 9.53. The molecule has 2 unspecified atom stereocenters. The predicted molar refractivity (Wildman–Crippen MR) is 73.3 cm³/mol. The summed E-state index contributed by atoms with van der Waals surface area (Å²) in [7, 11) is 0. The van der Waals surface area contributed by atoms with E-state index in [4.69, 9.17) is 4.74 Å². The Labute approximate surface area is 119 Å². The number of carboxylic acid groups (broad SMARTS) is 1. The Hall–Kier alpha value is -1.14. The molecule has 2 atom stereocenters. The van der Waals surface area contributed by atoms with Crippen LogP contribution in [-0.4, -0.2) is 49.3 Å². The van der Waals surface area contributed by atoms with Crippen molar-refractivity contribution in [1.29, 1.82) is 0 Å². The van der Waals surface area contributed by atoms with Crippen molar-refractivity contribution in [3.63, 3.8) is 0 Å². The third-order valence-electron chi connectivity index (χ3n) is 4.49. The Morgan fingerprint density at radius 2 is 2.10 bits per heavy atom. The van der Waals surface area contributed by atoms with Crippen LogP contribution in [0.2, 0.25) is 0 Å². The minimum atomic E-state index is -0.867.